The molecule has 0 aliphatic rings. The first-order valence-electron chi connectivity index (χ1n) is 7.20. The highest BCUT2D eigenvalue weighted by molar-refractivity contribution is 5.88. The molecule has 0 saturated carbocycles. The molecule has 0 amide bonds. The first-order valence-corrected chi connectivity index (χ1v) is 7.20. The molecule has 0 saturated heterocycles. The minimum absolute atomic E-state index is 0.165. The summed E-state index contributed by atoms with van der Waals surface area (Å²) in [6.07, 6.45) is 0. The first-order chi connectivity index (χ1) is 11.2. The number of benzene rings is 3. The van der Waals surface area contributed by atoms with E-state index in [1.165, 1.54) is 19.2 Å². The molecule has 4 nitrogen and oxygen atoms in total. The van der Waals surface area contributed by atoms with Crippen LogP contribution in [0.2, 0.25) is 0 Å². The van der Waals surface area contributed by atoms with Crippen molar-refractivity contribution in [3.8, 4) is 11.5 Å². The van der Waals surface area contributed by atoms with Crippen molar-refractivity contribution in [2.45, 2.75) is 6.61 Å². The second-order valence-electron chi connectivity index (χ2n) is 5.10. The fourth-order valence-corrected chi connectivity index (χ4v) is 2.50. The van der Waals surface area contributed by atoms with Gasteiger partial charge in [0.1, 0.15) is 6.61 Å². The first kappa shape index (κ1) is 14.9. The number of methoxy groups -OCH3 is 1. The van der Waals surface area contributed by atoms with E-state index >= 15 is 0 Å². The third kappa shape index (κ3) is 3.11. The van der Waals surface area contributed by atoms with Gasteiger partial charge in [0.25, 0.3) is 0 Å². The van der Waals surface area contributed by atoms with E-state index in [9.17, 15) is 4.79 Å². The van der Waals surface area contributed by atoms with E-state index in [0.29, 0.717) is 18.1 Å². The van der Waals surface area contributed by atoms with Gasteiger partial charge in [-0.25, -0.2) is 4.79 Å². The summed E-state index contributed by atoms with van der Waals surface area (Å²) in [6, 6.07) is 18.7. The molecular weight excluding hydrogens is 292 g/mol. The molecule has 0 heterocycles. The molecule has 0 aliphatic carbocycles. The number of ether oxygens (including phenoxy) is 2. The van der Waals surface area contributed by atoms with Crippen molar-refractivity contribution in [1.82, 2.24) is 0 Å². The van der Waals surface area contributed by atoms with Crippen LogP contribution in [0, 0.1) is 0 Å². The van der Waals surface area contributed by atoms with Gasteiger partial charge in [0.15, 0.2) is 11.5 Å². The molecule has 0 aliphatic heterocycles. The number of rotatable bonds is 5. The lowest BCUT2D eigenvalue weighted by Crippen LogP contribution is -2.01. The van der Waals surface area contributed by atoms with Crippen LogP contribution in [0.1, 0.15) is 15.9 Å². The van der Waals surface area contributed by atoms with Gasteiger partial charge in [-0.15, -0.1) is 0 Å². The van der Waals surface area contributed by atoms with Crippen LogP contribution < -0.4 is 9.47 Å². The van der Waals surface area contributed by atoms with Crippen LogP contribution in [-0.4, -0.2) is 18.2 Å². The van der Waals surface area contributed by atoms with Gasteiger partial charge >= 0.3 is 5.97 Å². The van der Waals surface area contributed by atoms with Gasteiger partial charge in [0.2, 0.25) is 0 Å². The predicted octanol–water partition coefficient (Wildman–Crippen LogP) is 4.13. The minimum Gasteiger partial charge on any atom is -0.493 e. The summed E-state index contributed by atoms with van der Waals surface area (Å²) in [7, 11) is 1.53. The van der Waals surface area contributed by atoms with Crippen LogP contribution in [0.15, 0.2) is 60.7 Å². The topological polar surface area (TPSA) is 55.8 Å². The summed E-state index contributed by atoms with van der Waals surface area (Å²) in [6.45, 7) is 0.334. The second kappa shape index (κ2) is 6.40. The Balaban J connectivity index is 1.90. The lowest BCUT2D eigenvalue weighted by atomic mass is 10.1. The largest absolute Gasteiger partial charge is 0.493 e. The molecule has 1 N–H and O–H groups in total. The standard InChI is InChI=1S/C19H16O4/c1-22-17-10-9-14(19(20)21)11-18(17)23-12-15-7-4-6-13-5-2-3-8-16(13)15/h2-11H,12H2,1H3,(H,20,21). The number of aromatic carboxylic acids is 1. The SMILES string of the molecule is COc1ccc(C(=O)O)cc1OCc1cccc2ccccc12. The molecule has 4 heteroatoms. The monoisotopic (exact) mass is 308 g/mol. The Kier molecular flexibility index (Phi) is 4.15. The quantitative estimate of drug-likeness (QED) is 0.770. The molecule has 0 aromatic heterocycles. The van der Waals surface area contributed by atoms with Crippen LogP contribution in [0.3, 0.4) is 0 Å². The summed E-state index contributed by atoms with van der Waals surface area (Å²) in [5.41, 5.74) is 1.20. The molecule has 0 bridgehead atoms. The van der Waals surface area contributed by atoms with E-state index in [0.717, 1.165) is 16.3 Å². The van der Waals surface area contributed by atoms with Crippen LogP contribution in [0.25, 0.3) is 10.8 Å². The van der Waals surface area contributed by atoms with Crippen LogP contribution >= 0.6 is 0 Å². The maximum atomic E-state index is 11.1. The number of carboxylic acid groups (broad SMARTS) is 1. The highest BCUT2D eigenvalue weighted by atomic mass is 16.5. The van der Waals surface area contributed by atoms with Gasteiger partial charge in [-0.3, -0.25) is 0 Å². The van der Waals surface area contributed by atoms with Crippen molar-refractivity contribution in [1.29, 1.82) is 0 Å². The van der Waals surface area contributed by atoms with Crippen molar-refractivity contribution < 1.29 is 19.4 Å². The Hall–Kier alpha value is -3.01. The summed E-state index contributed by atoms with van der Waals surface area (Å²) >= 11 is 0. The smallest absolute Gasteiger partial charge is 0.335 e. The zero-order chi connectivity index (χ0) is 16.2. The van der Waals surface area contributed by atoms with E-state index in [2.05, 4.69) is 0 Å². The van der Waals surface area contributed by atoms with Gasteiger partial charge in [0.05, 0.1) is 12.7 Å². The molecule has 116 valence electrons. The summed E-state index contributed by atoms with van der Waals surface area (Å²) < 4.78 is 11.1. The number of hydrogen-bond acceptors (Lipinski definition) is 3. The van der Waals surface area contributed by atoms with E-state index in [1.807, 2.05) is 42.5 Å². The zero-order valence-corrected chi connectivity index (χ0v) is 12.7. The third-order valence-corrected chi connectivity index (χ3v) is 3.67. The molecule has 0 radical (unpaired) electrons. The average Bonchev–Trinajstić information content (AvgIpc) is 2.59. The van der Waals surface area contributed by atoms with Crippen LogP contribution in [0.4, 0.5) is 0 Å². The third-order valence-electron chi connectivity index (χ3n) is 3.67. The molecule has 0 fully saturated rings. The summed E-state index contributed by atoms with van der Waals surface area (Å²) in [4.78, 5) is 11.1. The molecule has 0 spiro atoms. The van der Waals surface area contributed by atoms with E-state index in [1.54, 1.807) is 6.07 Å². The number of carboxylic acids is 1. The summed E-state index contributed by atoms with van der Waals surface area (Å²) in [5.74, 6) is -0.0711. The molecule has 0 unspecified atom stereocenters. The number of fused-ring (bicyclic) bond motifs is 1. The van der Waals surface area contributed by atoms with Crippen molar-refractivity contribution in [3.63, 3.8) is 0 Å². The normalized spacial score (nSPS) is 10.5. The van der Waals surface area contributed by atoms with Gasteiger partial charge < -0.3 is 14.6 Å². The van der Waals surface area contributed by atoms with Gasteiger partial charge in [-0.05, 0) is 34.5 Å². The maximum Gasteiger partial charge on any atom is 0.335 e. The molecule has 23 heavy (non-hydrogen) atoms. The fraction of sp³-hybridized carbons (Fsp3) is 0.105. The highest BCUT2D eigenvalue weighted by Crippen LogP contribution is 2.29. The van der Waals surface area contributed by atoms with Crippen molar-refractivity contribution in [2.24, 2.45) is 0 Å². The van der Waals surface area contributed by atoms with E-state index in [4.69, 9.17) is 14.6 Å². The highest BCUT2D eigenvalue weighted by Gasteiger charge is 2.11. The van der Waals surface area contributed by atoms with Crippen LogP contribution in [0.5, 0.6) is 11.5 Å². The Labute approximate surface area is 133 Å². The zero-order valence-electron chi connectivity index (χ0n) is 12.7. The lowest BCUT2D eigenvalue weighted by Gasteiger charge is -2.12. The van der Waals surface area contributed by atoms with Gasteiger partial charge in [0, 0.05) is 0 Å². The Morgan fingerprint density at radius 1 is 1.00 bits per heavy atom. The van der Waals surface area contributed by atoms with Gasteiger partial charge in [-0.2, -0.15) is 0 Å². The Bertz CT molecular complexity index is 850. The minimum atomic E-state index is -0.998. The molecular formula is C19H16O4. The maximum absolute atomic E-state index is 11.1. The molecule has 3 aromatic rings. The van der Waals surface area contributed by atoms with E-state index < -0.39 is 5.97 Å². The van der Waals surface area contributed by atoms with Crippen molar-refractivity contribution in [3.05, 3.63) is 71.8 Å². The Morgan fingerprint density at radius 3 is 2.57 bits per heavy atom. The second-order valence-corrected chi connectivity index (χ2v) is 5.10. The van der Waals surface area contributed by atoms with Crippen LogP contribution in [-0.2, 0) is 6.61 Å². The number of hydrogen-bond donors (Lipinski definition) is 1. The predicted molar refractivity (Wildman–Crippen MR) is 88.2 cm³/mol. The molecule has 3 rings (SSSR count). The summed E-state index contributed by atoms with van der Waals surface area (Å²) in [5, 5.41) is 11.4. The van der Waals surface area contributed by atoms with E-state index in [-0.39, 0.29) is 5.56 Å². The fourth-order valence-electron chi connectivity index (χ4n) is 2.50. The van der Waals surface area contributed by atoms with Crippen molar-refractivity contribution in [2.75, 3.05) is 7.11 Å². The molecule has 3 aromatic carbocycles. The van der Waals surface area contributed by atoms with Crippen molar-refractivity contribution >= 4 is 16.7 Å². The molecule has 0 atom stereocenters. The lowest BCUT2D eigenvalue weighted by molar-refractivity contribution is 0.0696. The number of carbonyl (C=O) groups is 1. The Morgan fingerprint density at radius 2 is 1.78 bits per heavy atom. The van der Waals surface area contributed by atoms with Gasteiger partial charge in [-0.1, -0.05) is 42.5 Å². The average molecular weight is 308 g/mol.